The third-order valence-corrected chi connectivity index (χ3v) is 5.67. The number of piperidine rings is 1. The first-order valence-corrected chi connectivity index (χ1v) is 8.86. The Labute approximate surface area is 130 Å². The Kier molecular flexibility index (Phi) is 5.16. The molecule has 118 valence electrons. The first kappa shape index (κ1) is 16.5. The second-order valence-corrected chi connectivity index (χ2v) is 7.50. The smallest absolute Gasteiger partial charge is 0.228 e. The number of para-hydroxylation sites is 1. The van der Waals surface area contributed by atoms with Crippen molar-refractivity contribution in [1.29, 1.82) is 5.26 Å². The van der Waals surface area contributed by atoms with Crippen LogP contribution in [0.25, 0.3) is 0 Å². The van der Waals surface area contributed by atoms with E-state index in [2.05, 4.69) is 5.32 Å². The van der Waals surface area contributed by atoms with Crippen molar-refractivity contribution in [3.05, 3.63) is 29.8 Å². The molecule has 0 saturated carbocycles. The number of sulfonamides is 1. The van der Waals surface area contributed by atoms with Crippen LogP contribution in [0.5, 0.6) is 0 Å². The summed E-state index contributed by atoms with van der Waals surface area (Å²) in [5.41, 5.74) is 0.857. The lowest BCUT2D eigenvalue weighted by Crippen LogP contribution is -2.44. The summed E-state index contributed by atoms with van der Waals surface area (Å²) in [5, 5.41) is 11.8. The number of benzene rings is 1. The maximum atomic E-state index is 12.4. The molecule has 1 fully saturated rings. The molecule has 22 heavy (non-hydrogen) atoms. The zero-order chi connectivity index (χ0) is 16.2. The van der Waals surface area contributed by atoms with Gasteiger partial charge in [-0.15, -0.1) is 0 Å². The van der Waals surface area contributed by atoms with Gasteiger partial charge in [-0.05, 0) is 31.9 Å². The molecule has 2 rings (SSSR count). The molecule has 7 heteroatoms. The Morgan fingerprint density at radius 2 is 2.18 bits per heavy atom. The molecule has 0 spiro atoms. The van der Waals surface area contributed by atoms with Crippen LogP contribution in [-0.2, 0) is 14.8 Å². The highest BCUT2D eigenvalue weighted by Gasteiger charge is 2.31. The summed E-state index contributed by atoms with van der Waals surface area (Å²) in [5.74, 6) is -0.584. The first-order valence-electron chi connectivity index (χ1n) is 7.25. The van der Waals surface area contributed by atoms with Crippen molar-refractivity contribution in [3.8, 4) is 6.07 Å². The van der Waals surface area contributed by atoms with E-state index in [0.29, 0.717) is 30.6 Å². The van der Waals surface area contributed by atoms with E-state index >= 15 is 0 Å². The Balaban J connectivity index is 2.08. The minimum atomic E-state index is -3.27. The lowest BCUT2D eigenvalue weighted by atomic mass is 9.98. The third kappa shape index (κ3) is 3.64. The minimum absolute atomic E-state index is 0.0403. The SMILES string of the molecule is CCS(=O)(=O)N1CCCC(C(=O)Nc2ccccc2C#N)C1. The van der Waals surface area contributed by atoms with E-state index in [1.165, 1.54) is 4.31 Å². The molecule has 1 aromatic rings. The van der Waals surface area contributed by atoms with Crippen LogP contribution in [0.2, 0.25) is 0 Å². The number of carbonyl (C=O) groups excluding carboxylic acids is 1. The molecule has 0 radical (unpaired) electrons. The van der Waals surface area contributed by atoms with E-state index in [-0.39, 0.29) is 24.1 Å². The summed E-state index contributed by atoms with van der Waals surface area (Å²) in [6.45, 7) is 2.27. The highest BCUT2D eigenvalue weighted by atomic mass is 32.2. The number of hydrogen-bond acceptors (Lipinski definition) is 4. The second kappa shape index (κ2) is 6.90. The van der Waals surface area contributed by atoms with E-state index in [1.54, 1.807) is 31.2 Å². The fourth-order valence-electron chi connectivity index (χ4n) is 2.52. The van der Waals surface area contributed by atoms with Gasteiger partial charge >= 0.3 is 0 Å². The van der Waals surface area contributed by atoms with Gasteiger partial charge in [-0.2, -0.15) is 5.26 Å². The predicted octanol–water partition coefficient (Wildman–Crippen LogP) is 1.56. The van der Waals surface area contributed by atoms with Crippen molar-refractivity contribution in [3.63, 3.8) is 0 Å². The summed E-state index contributed by atoms with van der Waals surface area (Å²) in [7, 11) is -3.27. The van der Waals surface area contributed by atoms with Gasteiger partial charge in [0.05, 0.1) is 22.9 Å². The molecular weight excluding hydrogens is 302 g/mol. The number of nitriles is 1. The molecule has 0 bridgehead atoms. The van der Waals surface area contributed by atoms with Gasteiger partial charge < -0.3 is 5.32 Å². The summed E-state index contributed by atoms with van der Waals surface area (Å²) < 4.78 is 25.3. The summed E-state index contributed by atoms with van der Waals surface area (Å²) in [4.78, 5) is 12.4. The Morgan fingerprint density at radius 3 is 2.86 bits per heavy atom. The highest BCUT2D eigenvalue weighted by molar-refractivity contribution is 7.89. The largest absolute Gasteiger partial charge is 0.325 e. The molecule has 1 atom stereocenters. The van der Waals surface area contributed by atoms with E-state index in [4.69, 9.17) is 5.26 Å². The van der Waals surface area contributed by atoms with Crippen LogP contribution < -0.4 is 5.32 Å². The van der Waals surface area contributed by atoms with Crippen molar-refractivity contribution in [2.75, 3.05) is 24.2 Å². The van der Waals surface area contributed by atoms with Gasteiger partial charge in [-0.3, -0.25) is 4.79 Å². The number of carbonyl (C=O) groups is 1. The molecule has 1 aromatic carbocycles. The summed E-state index contributed by atoms with van der Waals surface area (Å²) in [6, 6.07) is 8.79. The van der Waals surface area contributed by atoms with E-state index in [9.17, 15) is 13.2 Å². The fourth-order valence-corrected chi connectivity index (χ4v) is 3.70. The molecule has 1 unspecified atom stereocenters. The van der Waals surface area contributed by atoms with Crippen LogP contribution >= 0.6 is 0 Å². The van der Waals surface area contributed by atoms with Gasteiger partial charge in [-0.25, -0.2) is 12.7 Å². The molecule has 1 aliphatic heterocycles. The molecule has 1 saturated heterocycles. The van der Waals surface area contributed by atoms with Crippen molar-refractivity contribution in [2.24, 2.45) is 5.92 Å². The van der Waals surface area contributed by atoms with E-state index in [0.717, 1.165) is 0 Å². The lowest BCUT2D eigenvalue weighted by molar-refractivity contribution is -0.120. The first-order chi connectivity index (χ1) is 10.5. The van der Waals surface area contributed by atoms with Gasteiger partial charge in [0.15, 0.2) is 0 Å². The summed E-state index contributed by atoms with van der Waals surface area (Å²) in [6.07, 6.45) is 1.31. The molecule has 0 aliphatic carbocycles. The van der Waals surface area contributed by atoms with Crippen LogP contribution in [0.1, 0.15) is 25.3 Å². The van der Waals surface area contributed by atoms with Gasteiger partial charge in [-0.1, -0.05) is 12.1 Å². The van der Waals surface area contributed by atoms with Crippen LogP contribution in [0.4, 0.5) is 5.69 Å². The van der Waals surface area contributed by atoms with E-state index in [1.807, 2.05) is 6.07 Å². The Bertz CT molecular complexity index is 694. The molecule has 1 N–H and O–H groups in total. The molecule has 6 nitrogen and oxygen atoms in total. The second-order valence-electron chi connectivity index (χ2n) is 5.24. The van der Waals surface area contributed by atoms with Crippen LogP contribution in [0.15, 0.2) is 24.3 Å². The molecule has 1 amide bonds. The van der Waals surface area contributed by atoms with Crippen LogP contribution in [0.3, 0.4) is 0 Å². The van der Waals surface area contributed by atoms with Gasteiger partial charge in [0.25, 0.3) is 0 Å². The van der Waals surface area contributed by atoms with Crippen molar-refractivity contribution in [1.82, 2.24) is 4.31 Å². The Morgan fingerprint density at radius 1 is 1.45 bits per heavy atom. The van der Waals surface area contributed by atoms with Gasteiger partial charge in [0.2, 0.25) is 15.9 Å². The topological polar surface area (TPSA) is 90.3 Å². The standard InChI is InChI=1S/C15H19N3O3S/c1-2-22(20,21)18-9-5-7-13(11-18)15(19)17-14-8-4-3-6-12(14)10-16/h3-4,6,8,13H,2,5,7,9,11H2,1H3,(H,17,19). The zero-order valence-electron chi connectivity index (χ0n) is 12.4. The number of nitrogens with one attached hydrogen (secondary N) is 1. The fraction of sp³-hybridized carbons (Fsp3) is 0.467. The molecule has 1 heterocycles. The van der Waals surface area contributed by atoms with Crippen molar-refractivity contribution in [2.45, 2.75) is 19.8 Å². The lowest BCUT2D eigenvalue weighted by Gasteiger charge is -2.30. The molecule has 0 aromatic heterocycles. The quantitative estimate of drug-likeness (QED) is 0.911. The van der Waals surface area contributed by atoms with Gasteiger partial charge in [0, 0.05) is 13.1 Å². The monoisotopic (exact) mass is 321 g/mol. The minimum Gasteiger partial charge on any atom is -0.325 e. The van der Waals surface area contributed by atoms with Crippen molar-refractivity contribution < 1.29 is 13.2 Å². The number of anilines is 1. The van der Waals surface area contributed by atoms with Crippen LogP contribution in [0, 0.1) is 17.2 Å². The van der Waals surface area contributed by atoms with Crippen molar-refractivity contribution >= 4 is 21.6 Å². The average molecular weight is 321 g/mol. The highest BCUT2D eigenvalue weighted by Crippen LogP contribution is 2.22. The average Bonchev–Trinajstić information content (AvgIpc) is 2.55. The molecule has 1 aliphatic rings. The van der Waals surface area contributed by atoms with Gasteiger partial charge in [0.1, 0.15) is 6.07 Å². The Hall–Kier alpha value is -1.91. The number of nitrogens with zero attached hydrogens (tertiary/aromatic N) is 2. The maximum Gasteiger partial charge on any atom is 0.228 e. The third-order valence-electron chi connectivity index (χ3n) is 3.82. The number of amides is 1. The maximum absolute atomic E-state index is 12.4. The van der Waals surface area contributed by atoms with E-state index < -0.39 is 10.0 Å². The number of hydrogen-bond donors (Lipinski definition) is 1. The summed E-state index contributed by atoms with van der Waals surface area (Å²) >= 11 is 0. The molecular formula is C15H19N3O3S. The number of rotatable bonds is 4. The normalized spacial score (nSPS) is 19.4. The van der Waals surface area contributed by atoms with Crippen LogP contribution in [-0.4, -0.2) is 37.5 Å². The predicted molar refractivity (Wildman–Crippen MR) is 83.5 cm³/mol. The zero-order valence-corrected chi connectivity index (χ0v) is 13.3.